The van der Waals surface area contributed by atoms with Crippen LogP contribution in [0.1, 0.15) is 17.3 Å². The molecule has 0 spiro atoms. The topological polar surface area (TPSA) is 52.8 Å². The molecule has 130 valence electrons. The van der Waals surface area contributed by atoms with Gasteiger partial charge in [0.25, 0.3) is 5.91 Å². The fourth-order valence-corrected chi connectivity index (χ4v) is 4.01. The summed E-state index contributed by atoms with van der Waals surface area (Å²) < 4.78 is 13.6. The van der Waals surface area contributed by atoms with E-state index in [2.05, 4.69) is 4.99 Å². The highest BCUT2D eigenvalue weighted by atomic mass is 35.5. The van der Waals surface area contributed by atoms with Gasteiger partial charge in [-0.15, -0.1) is 0 Å². The molecule has 0 aliphatic carbocycles. The first kappa shape index (κ1) is 17.5. The second-order valence-corrected chi connectivity index (χ2v) is 6.64. The average Bonchev–Trinajstić information content (AvgIpc) is 2.96. The lowest BCUT2D eigenvalue weighted by molar-refractivity contribution is 0.0992. The lowest BCUT2D eigenvalue weighted by atomic mass is 10.1. The van der Waals surface area contributed by atoms with Crippen LogP contribution in [-0.4, -0.2) is 24.7 Å². The largest absolute Gasteiger partial charge is 0.496 e. The van der Waals surface area contributed by atoms with Crippen molar-refractivity contribution in [2.24, 2.45) is 4.99 Å². The molecule has 3 rings (SSSR count). The smallest absolute Gasteiger partial charge is 0.287 e. The molecule has 0 saturated heterocycles. The quantitative estimate of drug-likeness (QED) is 0.687. The van der Waals surface area contributed by atoms with Crippen molar-refractivity contribution in [1.82, 2.24) is 4.57 Å². The highest BCUT2D eigenvalue weighted by Crippen LogP contribution is 2.29. The highest BCUT2D eigenvalue weighted by Gasteiger charge is 2.18. The number of nitrogens with zero attached hydrogens (tertiary/aromatic N) is 2. The third-order valence-corrected chi connectivity index (χ3v) is 5.08. The number of hydrogen-bond acceptors (Lipinski definition) is 4. The Hall–Kier alpha value is -2.31. The normalized spacial score (nSPS) is 11.8. The number of thiazole rings is 1. The molecule has 0 aliphatic rings. The molecule has 1 amide bonds. The van der Waals surface area contributed by atoms with Crippen LogP contribution in [0.15, 0.2) is 41.4 Å². The van der Waals surface area contributed by atoms with Gasteiger partial charge >= 0.3 is 0 Å². The summed E-state index contributed by atoms with van der Waals surface area (Å²) >= 11 is 7.49. The Bertz CT molecular complexity index is 985. The van der Waals surface area contributed by atoms with Crippen molar-refractivity contribution in [3.05, 3.63) is 51.8 Å². The van der Waals surface area contributed by atoms with Gasteiger partial charge in [0.15, 0.2) is 4.80 Å². The van der Waals surface area contributed by atoms with Crippen molar-refractivity contribution < 1.29 is 14.3 Å². The Labute approximate surface area is 154 Å². The number of amides is 1. The Kier molecular flexibility index (Phi) is 5.11. The van der Waals surface area contributed by atoms with Gasteiger partial charge in [-0.2, -0.15) is 4.99 Å². The molecular weight excluding hydrogens is 360 g/mol. The molecule has 3 aromatic rings. The minimum absolute atomic E-state index is 0.311. The number of methoxy groups -OCH3 is 2. The molecule has 0 atom stereocenters. The zero-order valence-electron chi connectivity index (χ0n) is 14.1. The van der Waals surface area contributed by atoms with E-state index in [1.165, 1.54) is 25.6 Å². The average molecular weight is 377 g/mol. The van der Waals surface area contributed by atoms with Crippen molar-refractivity contribution >= 4 is 39.1 Å². The Morgan fingerprint density at radius 1 is 1.20 bits per heavy atom. The Balaban J connectivity index is 2.19. The Morgan fingerprint density at radius 3 is 2.48 bits per heavy atom. The molecule has 7 heteroatoms. The van der Waals surface area contributed by atoms with Crippen molar-refractivity contribution in [1.29, 1.82) is 0 Å². The van der Waals surface area contributed by atoms with E-state index in [4.69, 9.17) is 21.1 Å². The first-order chi connectivity index (χ1) is 12.1. The fraction of sp³-hybridized carbons (Fsp3) is 0.222. The van der Waals surface area contributed by atoms with Crippen LogP contribution in [0.5, 0.6) is 11.5 Å². The SMILES string of the molecule is CCn1c(=NC(=O)c2c(OC)cccc2OC)sc2cc(Cl)ccc21. The molecule has 1 aromatic heterocycles. The van der Waals surface area contributed by atoms with Gasteiger partial charge in [0.2, 0.25) is 0 Å². The van der Waals surface area contributed by atoms with Crippen LogP contribution >= 0.6 is 22.9 Å². The zero-order chi connectivity index (χ0) is 18.0. The zero-order valence-corrected chi connectivity index (χ0v) is 15.6. The number of halogens is 1. The van der Waals surface area contributed by atoms with Crippen LogP contribution in [0.3, 0.4) is 0 Å². The molecule has 0 unspecified atom stereocenters. The summed E-state index contributed by atoms with van der Waals surface area (Å²) in [6, 6.07) is 10.8. The number of aromatic nitrogens is 1. The first-order valence-electron chi connectivity index (χ1n) is 7.68. The van der Waals surface area contributed by atoms with Crippen molar-refractivity contribution in [3.63, 3.8) is 0 Å². The van der Waals surface area contributed by atoms with E-state index in [0.29, 0.717) is 33.4 Å². The molecule has 0 radical (unpaired) electrons. The van der Waals surface area contributed by atoms with Crippen molar-refractivity contribution in [2.75, 3.05) is 14.2 Å². The molecule has 0 fully saturated rings. The number of carbonyl (C=O) groups is 1. The molecule has 2 aromatic carbocycles. The first-order valence-corrected chi connectivity index (χ1v) is 8.87. The van der Waals surface area contributed by atoms with Gasteiger partial charge in [0.05, 0.1) is 24.4 Å². The van der Waals surface area contributed by atoms with Gasteiger partial charge in [-0.25, -0.2) is 0 Å². The third-order valence-electron chi connectivity index (χ3n) is 3.80. The molecule has 5 nitrogen and oxygen atoms in total. The maximum absolute atomic E-state index is 12.8. The molecule has 1 heterocycles. The Morgan fingerprint density at radius 2 is 1.88 bits per heavy atom. The molecule has 0 aliphatic heterocycles. The van der Waals surface area contributed by atoms with E-state index in [9.17, 15) is 4.79 Å². The number of rotatable bonds is 4. The molecule has 0 bridgehead atoms. The number of ether oxygens (including phenoxy) is 2. The van der Waals surface area contributed by atoms with Crippen LogP contribution in [0.25, 0.3) is 10.2 Å². The molecule has 0 saturated carbocycles. The fourth-order valence-electron chi connectivity index (χ4n) is 2.64. The van der Waals surface area contributed by atoms with Gasteiger partial charge in [-0.05, 0) is 37.3 Å². The minimum Gasteiger partial charge on any atom is -0.496 e. The summed E-state index contributed by atoms with van der Waals surface area (Å²) in [5, 5.41) is 0.654. The second kappa shape index (κ2) is 7.29. The van der Waals surface area contributed by atoms with Crippen molar-refractivity contribution in [3.8, 4) is 11.5 Å². The number of hydrogen-bond donors (Lipinski definition) is 0. The van der Waals surface area contributed by atoms with E-state index >= 15 is 0 Å². The van der Waals surface area contributed by atoms with Gasteiger partial charge in [0, 0.05) is 11.6 Å². The van der Waals surface area contributed by atoms with Crippen LogP contribution in [0.4, 0.5) is 0 Å². The number of fused-ring (bicyclic) bond motifs is 1. The van der Waals surface area contributed by atoms with Gasteiger partial charge in [-0.1, -0.05) is 29.0 Å². The van der Waals surface area contributed by atoms with E-state index in [1.807, 2.05) is 29.7 Å². The summed E-state index contributed by atoms with van der Waals surface area (Å²) in [5.41, 5.74) is 1.31. The lowest BCUT2D eigenvalue weighted by Crippen LogP contribution is -2.16. The maximum atomic E-state index is 12.8. The molecule has 25 heavy (non-hydrogen) atoms. The maximum Gasteiger partial charge on any atom is 0.287 e. The third kappa shape index (κ3) is 3.27. The summed E-state index contributed by atoms with van der Waals surface area (Å²) in [6.45, 7) is 2.70. The monoisotopic (exact) mass is 376 g/mol. The standard InChI is InChI=1S/C18H17ClN2O3S/c1-4-21-12-9-8-11(19)10-15(12)25-18(21)20-17(22)16-13(23-2)6-5-7-14(16)24-3/h5-10H,4H2,1-3H3. The minimum atomic E-state index is -0.408. The number of carbonyl (C=O) groups excluding carboxylic acids is 1. The number of aryl methyl sites for hydroxylation is 1. The summed E-state index contributed by atoms with van der Waals surface area (Å²) in [5.74, 6) is 0.453. The van der Waals surface area contributed by atoms with Gasteiger partial charge < -0.3 is 14.0 Å². The van der Waals surface area contributed by atoms with E-state index in [0.717, 1.165) is 10.2 Å². The van der Waals surface area contributed by atoms with Crippen molar-refractivity contribution in [2.45, 2.75) is 13.5 Å². The highest BCUT2D eigenvalue weighted by molar-refractivity contribution is 7.16. The lowest BCUT2D eigenvalue weighted by Gasteiger charge is -2.09. The van der Waals surface area contributed by atoms with Gasteiger partial charge in [0.1, 0.15) is 17.1 Å². The molecular formula is C18H17ClN2O3S. The number of benzene rings is 2. The summed E-state index contributed by atoms with van der Waals surface area (Å²) in [6.07, 6.45) is 0. The van der Waals surface area contributed by atoms with Crippen LogP contribution in [0.2, 0.25) is 5.02 Å². The van der Waals surface area contributed by atoms with Gasteiger partial charge in [-0.3, -0.25) is 4.79 Å². The van der Waals surface area contributed by atoms with Crippen LogP contribution in [0, 0.1) is 0 Å². The van der Waals surface area contributed by atoms with E-state index < -0.39 is 5.91 Å². The van der Waals surface area contributed by atoms with E-state index in [-0.39, 0.29) is 0 Å². The predicted molar refractivity (Wildman–Crippen MR) is 99.9 cm³/mol. The second-order valence-electron chi connectivity index (χ2n) is 5.20. The molecule has 0 N–H and O–H groups in total. The van der Waals surface area contributed by atoms with E-state index in [1.54, 1.807) is 18.2 Å². The van der Waals surface area contributed by atoms with Crippen LogP contribution < -0.4 is 14.3 Å². The van der Waals surface area contributed by atoms with Crippen LogP contribution in [-0.2, 0) is 6.54 Å². The summed E-state index contributed by atoms with van der Waals surface area (Å²) in [7, 11) is 3.03. The predicted octanol–water partition coefficient (Wildman–Crippen LogP) is 4.13. The summed E-state index contributed by atoms with van der Waals surface area (Å²) in [4.78, 5) is 17.8.